The van der Waals surface area contributed by atoms with Crippen molar-refractivity contribution in [2.75, 3.05) is 0 Å². The number of hydrogen-bond acceptors (Lipinski definition) is 5. The van der Waals surface area contributed by atoms with Crippen LogP contribution in [0.1, 0.15) is 24.4 Å². The number of fused-ring (bicyclic) bond motifs is 1. The average Bonchev–Trinajstić information content (AvgIpc) is 2.88. The van der Waals surface area contributed by atoms with Crippen LogP contribution in [-0.2, 0) is 6.54 Å². The minimum atomic E-state index is -0.0818. The molecule has 1 atom stereocenters. The minimum absolute atomic E-state index is 0.0481. The van der Waals surface area contributed by atoms with Gasteiger partial charge in [0, 0.05) is 23.9 Å². The Hall–Kier alpha value is -2.60. The van der Waals surface area contributed by atoms with Crippen molar-refractivity contribution >= 4 is 5.65 Å². The van der Waals surface area contributed by atoms with Crippen LogP contribution in [-0.4, -0.2) is 24.8 Å². The van der Waals surface area contributed by atoms with E-state index in [2.05, 4.69) is 15.5 Å². The highest BCUT2D eigenvalue weighted by Gasteiger charge is 2.12. The highest BCUT2D eigenvalue weighted by molar-refractivity contribution is 5.40. The second kappa shape index (κ2) is 5.41. The first-order chi connectivity index (χ1) is 10.1. The summed E-state index contributed by atoms with van der Waals surface area (Å²) in [4.78, 5) is 0. The van der Waals surface area contributed by atoms with E-state index in [1.165, 1.54) is 6.07 Å². The first-order valence-corrected chi connectivity index (χ1v) is 6.69. The highest BCUT2D eigenvalue weighted by atomic mass is 16.3. The lowest BCUT2D eigenvalue weighted by Gasteiger charge is -2.15. The Morgan fingerprint density at radius 1 is 1.19 bits per heavy atom. The fourth-order valence-electron chi connectivity index (χ4n) is 2.26. The summed E-state index contributed by atoms with van der Waals surface area (Å²) in [5, 5.41) is 30.7. The Balaban J connectivity index is 1.75. The fourth-order valence-corrected chi connectivity index (χ4v) is 2.26. The van der Waals surface area contributed by atoms with E-state index in [0.717, 1.165) is 17.0 Å². The molecule has 6 heteroatoms. The van der Waals surface area contributed by atoms with Gasteiger partial charge in [-0.1, -0.05) is 12.1 Å². The van der Waals surface area contributed by atoms with Crippen LogP contribution in [0, 0.1) is 0 Å². The molecule has 0 aliphatic carbocycles. The molecule has 0 saturated carbocycles. The number of benzene rings is 1. The molecule has 21 heavy (non-hydrogen) atoms. The van der Waals surface area contributed by atoms with Crippen molar-refractivity contribution < 1.29 is 10.2 Å². The van der Waals surface area contributed by atoms with Crippen LogP contribution in [0.25, 0.3) is 5.65 Å². The zero-order valence-electron chi connectivity index (χ0n) is 11.6. The predicted octanol–water partition coefficient (Wildman–Crippen LogP) is 1.99. The number of aromatic hydroxyl groups is 2. The minimum Gasteiger partial charge on any atom is -0.508 e. The summed E-state index contributed by atoms with van der Waals surface area (Å²) in [5.41, 5.74) is 1.52. The van der Waals surface area contributed by atoms with Crippen LogP contribution < -0.4 is 5.32 Å². The van der Waals surface area contributed by atoms with Crippen molar-refractivity contribution in [2.45, 2.75) is 19.5 Å². The molecule has 108 valence electrons. The van der Waals surface area contributed by atoms with E-state index in [1.54, 1.807) is 12.1 Å². The summed E-state index contributed by atoms with van der Waals surface area (Å²) in [7, 11) is 0. The molecule has 2 aromatic heterocycles. The molecule has 1 unspecified atom stereocenters. The molecule has 3 N–H and O–H groups in total. The molecule has 1 aromatic carbocycles. The van der Waals surface area contributed by atoms with Gasteiger partial charge in [-0.2, -0.15) is 0 Å². The van der Waals surface area contributed by atoms with Crippen LogP contribution in [0.4, 0.5) is 0 Å². The van der Waals surface area contributed by atoms with Gasteiger partial charge in [0.25, 0.3) is 0 Å². The first kappa shape index (κ1) is 13.4. The van der Waals surface area contributed by atoms with E-state index >= 15 is 0 Å². The molecule has 0 aliphatic heterocycles. The Morgan fingerprint density at radius 3 is 2.86 bits per heavy atom. The molecule has 0 amide bonds. The van der Waals surface area contributed by atoms with Gasteiger partial charge in [-0.25, -0.2) is 0 Å². The quantitative estimate of drug-likeness (QED) is 0.682. The van der Waals surface area contributed by atoms with E-state index in [1.807, 2.05) is 35.7 Å². The number of hydrogen-bond donors (Lipinski definition) is 3. The molecule has 0 spiro atoms. The number of nitrogens with zero attached hydrogens (tertiary/aromatic N) is 3. The van der Waals surface area contributed by atoms with Gasteiger partial charge in [0.05, 0.1) is 6.54 Å². The standard InChI is InChI=1S/C15H16N4O2/c1-10(12-6-5-11(20)8-13(12)21)16-9-15-18-17-14-4-2-3-7-19(14)15/h2-8,10,16,20-21H,9H2,1H3. The molecule has 0 saturated heterocycles. The van der Waals surface area contributed by atoms with Crippen LogP contribution in [0.3, 0.4) is 0 Å². The Labute approximate surface area is 121 Å². The molecule has 3 rings (SSSR count). The zero-order valence-corrected chi connectivity index (χ0v) is 11.6. The zero-order chi connectivity index (χ0) is 14.8. The predicted molar refractivity (Wildman–Crippen MR) is 78.0 cm³/mol. The lowest BCUT2D eigenvalue weighted by atomic mass is 10.1. The summed E-state index contributed by atoms with van der Waals surface area (Å²) < 4.78 is 1.91. The summed E-state index contributed by atoms with van der Waals surface area (Å²) >= 11 is 0. The molecular formula is C15H16N4O2. The monoisotopic (exact) mass is 284 g/mol. The average molecular weight is 284 g/mol. The van der Waals surface area contributed by atoms with E-state index < -0.39 is 0 Å². The fraction of sp³-hybridized carbons (Fsp3) is 0.200. The molecule has 0 bridgehead atoms. The van der Waals surface area contributed by atoms with Gasteiger partial charge < -0.3 is 15.5 Å². The third-order valence-electron chi connectivity index (χ3n) is 3.43. The maximum Gasteiger partial charge on any atom is 0.160 e. The molecule has 0 aliphatic rings. The number of phenols is 2. The van der Waals surface area contributed by atoms with Crippen molar-refractivity contribution in [3.8, 4) is 11.5 Å². The van der Waals surface area contributed by atoms with Gasteiger partial charge in [-0.05, 0) is 25.1 Å². The second-order valence-corrected chi connectivity index (χ2v) is 4.89. The van der Waals surface area contributed by atoms with Crippen LogP contribution >= 0.6 is 0 Å². The maximum absolute atomic E-state index is 9.86. The number of rotatable bonds is 4. The van der Waals surface area contributed by atoms with Crippen molar-refractivity contribution in [3.63, 3.8) is 0 Å². The number of nitrogens with one attached hydrogen (secondary N) is 1. The lowest BCUT2D eigenvalue weighted by molar-refractivity contribution is 0.435. The Morgan fingerprint density at radius 2 is 2.05 bits per heavy atom. The van der Waals surface area contributed by atoms with E-state index in [9.17, 15) is 10.2 Å². The van der Waals surface area contributed by atoms with Crippen molar-refractivity contribution in [3.05, 3.63) is 54.0 Å². The van der Waals surface area contributed by atoms with E-state index in [0.29, 0.717) is 6.54 Å². The number of phenolic OH excluding ortho intramolecular Hbond substituents is 2. The van der Waals surface area contributed by atoms with Gasteiger partial charge in [-0.15, -0.1) is 10.2 Å². The van der Waals surface area contributed by atoms with Gasteiger partial charge in [0.15, 0.2) is 11.5 Å². The summed E-state index contributed by atoms with van der Waals surface area (Å²) in [6, 6.07) is 10.2. The SMILES string of the molecule is CC(NCc1nnc2ccccn12)c1ccc(O)cc1O. The smallest absolute Gasteiger partial charge is 0.160 e. The topological polar surface area (TPSA) is 82.7 Å². The number of pyridine rings is 1. The van der Waals surface area contributed by atoms with Gasteiger partial charge >= 0.3 is 0 Å². The van der Waals surface area contributed by atoms with Crippen molar-refractivity contribution in [1.82, 2.24) is 19.9 Å². The van der Waals surface area contributed by atoms with E-state index in [4.69, 9.17) is 0 Å². The maximum atomic E-state index is 9.86. The van der Waals surface area contributed by atoms with Crippen molar-refractivity contribution in [2.24, 2.45) is 0 Å². The molecule has 3 aromatic rings. The van der Waals surface area contributed by atoms with E-state index in [-0.39, 0.29) is 17.5 Å². The molecule has 2 heterocycles. The van der Waals surface area contributed by atoms with Gasteiger partial charge in [0.1, 0.15) is 11.5 Å². The Kier molecular flexibility index (Phi) is 3.45. The third-order valence-corrected chi connectivity index (χ3v) is 3.43. The van der Waals surface area contributed by atoms with Crippen LogP contribution in [0.2, 0.25) is 0 Å². The molecular weight excluding hydrogens is 268 g/mol. The van der Waals surface area contributed by atoms with Crippen molar-refractivity contribution in [1.29, 1.82) is 0 Å². The molecule has 0 fully saturated rings. The first-order valence-electron chi connectivity index (χ1n) is 6.69. The molecule has 0 radical (unpaired) electrons. The summed E-state index contributed by atoms with van der Waals surface area (Å²) in [6.45, 7) is 2.46. The Bertz CT molecular complexity index is 769. The molecule has 6 nitrogen and oxygen atoms in total. The normalized spacial score (nSPS) is 12.6. The summed E-state index contributed by atoms with van der Waals surface area (Å²) in [5.74, 6) is 0.920. The van der Waals surface area contributed by atoms with Crippen LogP contribution in [0.5, 0.6) is 11.5 Å². The largest absolute Gasteiger partial charge is 0.508 e. The highest BCUT2D eigenvalue weighted by Crippen LogP contribution is 2.27. The van der Waals surface area contributed by atoms with Crippen LogP contribution in [0.15, 0.2) is 42.6 Å². The van der Waals surface area contributed by atoms with Gasteiger partial charge in [-0.3, -0.25) is 4.40 Å². The van der Waals surface area contributed by atoms with Gasteiger partial charge in [0.2, 0.25) is 0 Å². The second-order valence-electron chi connectivity index (χ2n) is 4.89. The third kappa shape index (κ3) is 2.66. The summed E-state index contributed by atoms with van der Waals surface area (Å²) in [6.07, 6.45) is 1.91. The lowest BCUT2D eigenvalue weighted by Crippen LogP contribution is -2.19. The number of aromatic nitrogens is 3.